The van der Waals surface area contributed by atoms with Gasteiger partial charge in [0.2, 0.25) is 0 Å². The number of anilines is 1. The molecule has 0 aliphatic carbocycles. The maximum Gasteiger partial charge on any atom is 0.322 e. The Hall–Kier alpha value is -0.970. The number of rotatable bonds is 5. The highest BCUT2D eigenvalue weighted by Crippen LogP contribution is 2.25. The van der Waals surface area contributed by atoms with Crippen molar-refractivity contribution in [2.45, 2.75) is 6.04 Å². The number of carboxylic acid groups (broad SMARTS) is 1. The van der Waals surface area contributed by atoms with E-state index in [4.69, 9.17) is 28.3 Å². The number of halogens is 2. The Balaban J connectivity index is 2.66. The number of benzene rings is 1. The van der Waals surface area contributed by atoms with Crippen LogP contribution in [-0.2, 0) is 4.79 Å². The fourth-order valence-corrected chi connectivity index (χ4v) is 1.51. The van der Waals surface area contributed by atoms with Crippen LogP contribution < -0.4 is 10.6 Å². The van der Waals surface area contributed by atoms with E-state index in [1.165, 1.54) is 0 Å². The van der Waals surface area contributed by atoms with Crippen molar-refractivity contribution in [3.63, 3.8) is 0 Å². The minimum absolute atomic E-state index is 0.228. The van der Waals surface area contributed by atoms with E-state index in [1.807, 2.05) is 0 Å². The molecule has 1 unspecified atom stereocenters. The Labute approximate surface area is 104 Å². The van der Waals surface area contributed by atoms with E-state index >= 15 is 0 Å². The van der Waals surface area contributed by atoms with E-state index in [9.17, 15) is 4.79 Å². The van der Waals surface area contributed by atoms with Gasteiger partial charge in [-0.25, -0.2) is 0 Å². The second kappa shape index (κ2) is 5.94. The number of hydrogen-bond donors (Lipinski definition) is 3. The predicted molar refractivity (Wildman–Crippen MR) is 65.4 cm³/mol. The summed E-state index contributed by atoms with van der Waals surface area (Å²) in [5.41, 5.74) is 0.621. The van der Waals surface area contributed by atoms with E-state index in [0.717, 1.165) is 0 Å². The molecule has 6 heteroatoms. The van der Waals surface area contributed by atoms with Gasteiger partial charge >= 0.3 is 5.97 Å². The van der Waals surface area contributed by atoms with Crippen molar-refractivity contribution in [1.29, 1.82) is 0 Å². The van der Waals surface area contributed by atoms with Gasteiger partial charge in [0, 0.05) is 11.6 Å². The lowest BCUT2D eigenvalue weighted by Gasteiger charge is -2.14. The molecule has 0 saturated heterocycles. The van der Waals surface area contributed by atoms with Gasteiger partial charge < -0.3 is 15.7 Å². The third kappa shape index (κ3) is 3.56. The maximum absolute atomic E-state index is 10.7. The van der Waals surface area contributed by atoms with Gasteiger partial charge in [-0.15, -0.1) is 0 Å². The summed E-state index contributed by atoms with van der Waals surface area (Å²) >= 11 is 11.7. The monoisotopic (exact) mass is 262 g/mol. The minimum Gasteiger partial charge on any atom is -0.480 e. The smallest absolute Gasteiger partial charge is 0.322 e. The summed E-state index contributed by atoms with van der Waals surface area (Å²) in [5, 5.41) is 15.5. The van der Waals surface area contributed by atoms with Crippen LogP contribution in [0.5, 0.6) is 0 Å². The quantitative estimate of drug-likeness (QED) is 0.761. The molecule has 0 radical (unpaired) electrons. The van der Waals surface area contributed by atoms with E-state index in [2.05, 4.69) is 10.6 Å². The zero-order chi connectivity index (χ0) is 12.1. The van der Waals surface area contributed by atoms with Gasteiger partial charge in [0.25, 0.3) is 0 Å². The first-order valence-electron chi connectivity index (χ1n) is 4.63. The molecule has 3 N–H and O–H groups in total. The fraction of sp³-hybridized carbons (Fsp3) is 0.300. The molecule has 0 spiro atoms. The van der Waals surface area contributed by atoms with Gasteiger partial charge in [0.15, 0.2) is 0 Å². The highest BCUT2D eigenvalue weighted by atomic mass is 35.5. The molecule has 88 valence electrons. The lowest BCUT2D eigenvalue weighted by Crippen LogP contribution is -2.39. The van der Waals surface area contributed by atoms with Gasteiger partial charge in [0.05, 0.1) is 10.7 Å². The van der Waals surface area contributed by atoms with Crippen molar-refractivity contribution in [2.24, 2.45) is 0 Å². The summed E-state index contributed by atoms with van der Waals surface area (Å²) in [6.07, 6.45) is 0. The van der Waals surface area contributed by atoms with E-state index in [1.54, 1.807) is 25.2 Å². The standard InChI is InChI=1S/C10H12Cl2N2O2/c1-13-9(10(15)16)5-14-8-4-6(11)2-3-7(8)12/h2-4,9,13-14H,5H2,1H3,(H,15,16). The third-order valence-corrected chi connectivity index (χ3v) is 2.64. The summed E-state index contributed by atoms with van der Waals surface area (Å²) in [6.45, 7) is 0.228. The van der Waals surface area contributed by atoms with Gasteiger partial charge in [-0.2, -0.15) is 0 Å². The van der Waals surface area contributed by atoms with Gasteiger partial charge in [-0.05, 0) is 25.2 Å². The van der Waals surface area contributed by atoms with Crippen LogP contribution in [0.25, 0.3) is 0 Å². The molecule has 1 atom stereocenters. The van der Waals surface area contributed by atoms with E-state index < -0.39 is 12.0 Å². The molecule has 1 aromatic rings. The molecule has 0 aliphatic rings. The zero-order valence-electron chi connectivity index (χ0n) is 8.63. The maximum atomic E-state index is 10.7. The molecule has 1 aromatic carbocycles. The zero-order valence-corrected chi connectivity index (χ0v) is 10.1. The van der Waals surface area contributed by atoms with Gasteiger partial charge in [-0.3, -0.25) is 4.79 Å². The SMILES string of the molecule is CNC(CNc1cc(Cl)ccc1Cl)C(=O)O. The summed E-state index contributed by atoms with van der Waals surface area (Å²) in [4.78, 5) is 10.7. The summed E-state index contributed by atoms with van der Waals surface area (Å²) in [6, 6.07) is 4.30. The van der Waals surface area contributed by atoms with Crippen LogP contribution in [0.3, 0.4) is 0 Å². The van der Waals surface area contributed by atoms with Crippen molar-refractivity contribution >= 4 is 34.9 Å². The van der Waals surface area contributed by atoms with Crippen molar-refractivity contribution in [1.82, 2.24) is 5.32 Å². The van der Waals surface area contributed by atoms with Crippen molar-refractivity contribution < 1.29 is 9.90 Å². The third-order valence-electron chi connectivity index (χ3n) is 2.07. The van der Waals surface area contributed by atoms with Crippen molar-refractivity contribution in [3.8, 4) is 0 Å². The average Bonchev–Trinajstić information content (AvgIpc) is 2.23. The summed E-state index contributed by atoms with van der Waals surface area (Å²) in [5.74, 6) is -0.923. The molecular formula is C10H12Cl2N2O2. The van der Waals surface area contributed by atoms with Gasteiger partial charge in [0.1, 0.15) is 6.04 Å². The number of carbonyl (C=O) groups is 1. The average molecular weight is 263 g/mol. The number of nitrogens with one attached hydrogen (secondary N) is 2. The van der Waals surface area contributed by atoms with Crippen LogP contribution in [0.15, 0.2) is 18.2 Å². The molecule has 0 amide bonds. The second-order valence-electron chi connectivity index (χ2n) is 3.18. The van der Waals surface area contributed by atoms with Crippen molar-refractivity contribution in [3.05, 3.63) is 28.2 Å². The van der Waals surface area contributed by atoms with E-state index in [0.29, 0.717) is 15.7 Å². The minimum atomic E-state index is -0.923. The van der Waals surface area contributed by atoms with Crippen LogP contribution >= 0.6 is 23.2 Å². The lowest BCUT2D eigenvalue weighted by atomic mass is 10.2. The lowest BCUT2D eigenvalue weighted by molar-refractivity contribution is -0.138. The summed E-state index contributed by atoms with van der Waals surface area (Å²) in [7, 11) is 1.58. The Bertz CT molecular complexity index is 385. The molecule has 16 heavy (non-hydrogen) atoms. The molecule has 0 saturated carbocycles. The highest BCUT2D eigenvalue weighted by Gasteiger charge is 2.14. The van der Waals surface area contributed by atoms with E-state index in [-0.39, 0.29) is 6.54 Å². The fourth-order valence-electron chi connectivity index (χ4n) is 1.16. The second-order valence-corrected chi connectivity index (χ2v) is 4.03. The van der Waals surface area contributed by atoms with Crippen LogP contribution in [-0.4, -0.2) is 30.7 Å². The van der Waals surface area contributed by atoms with Crippen LogP contribution in [0.1, 0.15) is 0 Å². The molecule has 0 fully saturated rings. The first-order chi connectivity index (χ1) is 7.54. The van der Waals surface area contributed by atoms with Crippen LogP contribution in [0, 0.1) is 0 Å². The Kier molecular flexibility index (Phi) is 4.86. The number of carboxylic acids is 1. The van der Waals surface area contributed by atoms with Gasteiger partial charge in [-0.1, -0.05) is 23.2 Å². The molecule has 0 bridgehead atoms. The Morgan fingerprint density at radius 3 is 2.75 bits per heavy atom. The van der Waals surface area contributed by atoms with Crippen LogP contribution in [0.2, 0.25) is 10.0 Å². The van der Waals surface area contributed by atoms with Crippen LogP contribution in [0.4, 0.5) is 5.69 Å². The first-order valence-corrected chi connectivity index (χ1v) is 5.39. The topological polar surface area (TPSA) is 61.4 Å². The molecule has 0 aromatic heterocycles. The Morgan fingerprint density at radius 1 is 1.50 bits per heavy atom. The molecule has 4 nitrogen and oxygen atoms in total. The Morgan fingerprint density at radius 2 is 2.19 bits per heavy atom. The predicted octanol–water partition coefficient (Wildman–Crippen LogP) is 2.08. The number of hydrogen-bond acceptors (Lipinski definition) is 3. The molecular weight excluding hydrogens is 251 g/mol. The summed E-state index contributed by atoms with van der Waals surface area (Å²) < 4.78 is 0. The number of likely N-dealkylation sites (N-methyl/N-ethyl adjacent to an activating group) is 1. The number of aliphatic carboxylic acids is 1. The normalized spacial score (nSPS) is 12.2. The van der Waals surface area contributed by atoms with Crippen molar-refractivity contribution in [2.75, 3.05) is 18.9 Å². The molecule has 0 aliphatic heterocycles. The molecule has 0 heterocycles. The molecule has 1 rings (SSSR count). The highest BCUT2D eigenvalue weighted by molar-refractivity contribution is 6.35. The first kappa shape index (κ1) is 13.1. The largest absolute Gasteiger partial charge is 0.480 e.